The molecule has 0 saturated carbocycles. The molecule has 0 saturated heterocycles. The smallest absolute Gasteiger partial charge is 0.223 e. The highest BCUT2D eigenvalue weighted by Crippen LogP contribution is 2.17. The average Bonchev–Trinajstić information content (AvgIpc) is 2.38. The molecule has 0 bridgehead atoms. The van der Waals surface area contributed by atoms with Crippen molar-refractivity contribution >= 4 is 29.2 Å². The van der Waals surface area contributed by atoms with Gasteiger partial charge in [-0.3, -0.25) is 0 Å². The zero-order valence-electron chi connectivity index (χ0n) is 12.0. The summed E-state index contributed by atoms with van der Waals surface area (Å²) in [6.07, 6.45) is 2.00. The Morgan fingerprint density at radius 1 is 1.20 bits per heavy atom. The summed E-state index contributed by atoms with van der Waals surface area (Å²) in [5.74, 6) is 0.527. The molecule has 1 aromatic carbocycles. The SMILES string of the molecule is CCCN(CCC)C(N)=NC(N)=Nc1cccc(Cl)c1. The number of hydrogen-bond acceptors (Lipinski definition) is 1. The number of aliphatic imine (C=N–C) groups is 2. The first-order valence-electron chi connectivity index (χ1n) is 6.75. The second-order valence-corrected chi connectivity index (χ2v) is 4.84. The maximum Gasteiger partial charge on any atom is 0.223 e. The minimum atomic E-state index is 0.127. The van der Waals surface area contributed by atoms with Crippen LogP contribution in [0.3, 0.4) is 0 Å². The molecule has 0 aromatic heterocycles. The highest BCUT2D eigenvalue weighted by atomic mass is 35.5. The van der Waals surface area contributed by atoms with Gasteiger partial charge in [0.1, 0.15) is 0 Å². The van der Waals surface area contributed by atoms with Crippen molar-refractivity contribution in [2.75, 3.05) is 13.1 Å². The van der Waals surface area contributed by atoms with Crippen molar-refractivity contribution in [2.45, 2.75) is 26.7 Å². The van der Waals surface area contributed by atoms with Crippen LogP contribution in [-0.2, 0) is 0 Å². The van der Waals surface area contributed by atoms with E-state index < -0.39 is 0 Å². The maximum absolute atomic E-state index is 5.96. The molecule has 0 aliphatic carbocycles. The number of nitrogens with two attached hydrogens (primary N) is 2. The standard InChI is InChI=1S/C14H22ClN5/c1-3-8-20(9-4-2)14(17)19-13(16)18-12-7-5-6-11(15)10-12/h5-7,10H,3-4,8-9H2,1-2H3,(H4,16,17,18,19). The Labute approximate surface area is 125 Å². The third-order valence-corrected chi connectivity index (χ3v) is 2.83. The summed E-state index contributed by atoms with van der Waals surface area (Å²) in [5.41, 5.74) is 12.4. The molecule has 0 spiro atoms. The van der Waals surface area contributed by atoms with Gasteiger partial charge in [-0.1, -0.05) is 31.5 Å². The summed E-state index contributed by atoms with van der Waals surface area (Å²) < 4.78 is 0. The van der Waals surface area contributed by atoms with Crippen LogP contribution in [0, 0.1) is 0 Å². The van der Waals surface area contributed by atoms with E-state index in [2.05, 4.69) is 23.8 Å². The van der Waals surface area contributed by atoms with E-state index in [4.69, 9.17) is 23.1 Å². The van der Waals surface area contributed by atoms with Crippen LogP contribution in [0.2, 0.25) is 5.02 Å². The van der Waals surface area contributed by atoms with E-state index in [1.807, 2.05) is 11.0 Å². The topological polar surface area (TPSA) is 80.0 Å². The largest absolute Gasteiger partial charge is 0.369 e. The second kappa shape index (κ2) is 8.43. The summed E-state index contributed by atoms with van der Waals surface area (Å²) in [5, 5.41) is 0.606. The zero-order chi connectivity index (χ0) is 15.0. The summed E-state index contributed by atoms with van der Waals surface area (Å²) in [6.45, 7) is 5.90. The number of halogens is 1. The monoisotopic (exact) mass is 295 g/mol. The fourth-order valence-electron chi connectivity index (χ4n) is 1.77. The van der Waals surface area contributed by atoms with E-state index in [1.54, 1.807) is 18.2 Å². The van der Waals surface area contributed by atoms with Crippen LogP contribution < -0.4 is 11.5 Å². The first kappa shape index (κ1) is 16.3. The molecule has 0 aliphatic heterocycles. The molecule has 0 atom stereocenters. The molecule has 110 valence electrons. The molecule has 0 unspecified atom stereocenters. The Bertz CT molecular complexity index is 478. The third kappa shape index (κ3) is 5.48. The van der Waals surface area contributed by atoms with Crippen molar-refractivity contribution in [2.24, 2.45) is 21.5 Å². The quantitative estimate of drug-likeness (QED) is 0.647. The lowest BCUT2D eigenvalue weighted by Crippen LogP contribution is -2.39. The molecular formula is C14H22ClN5. The molecule has 1 aromatic rings. The number of rotatable bonds is 5. The van der Waals surface area contributed by atoms with Crippen LogP contribution in [0.15, 0.2) is 34.3 Å². The first-order valence-corrected chi connectivity index (χ1v) is 7.13. The minimum Gasteiger partial charge on any atom is -0.369 e. The van der Waals surface area contributed by atoms with Gasteiger partial charge in [-0.2, -0.15) is 4.99 Å². The molecule has 0 radical (unpaired) electrons. The molecule has 4 N–H and O–H groups in total. The van der Waals surface area contributed by atoms with Gasteiger partial charge in [-0.15, -0.1) is 0 Å². The summed E-state index contributed by atoms with van der Waals surface area (Å²) in [4.78, 5) is 10.3. The summed E-state index contributed by atoms with van der Waals surface area (Å²) >= 11 is 5.89. The van der Waals surface area contributed by atoms with E-state index in [0.29, 0.717) is 16.7 Å². The van der Waals surface area contributed by atoms with Gasteiger partial charge >= 0.3 is 0 Å². The van der Waals surface area contributed by atoms with Gasteiger partial charge in [0, 0.05) is 18.1 Å². The van der Waals surface area contributed by atoms with Crippen LogP contribution in [0.4, 0.5) is 5.69 Å². The number of guanidine groups is 2. The number of nitrogens with zero attached hydrogens (tertiary/aromatic N) is 3. The molecule has 20 heavy (non-hydrogen) atoms. The Balaban J connectivity index is 2.84. The highest BCUT2D eigenvalue weighted by Gasteiger charge is 2.06. The lowest BCUT2D eigenvalue weighted by molar-refractivity contribution is 0.413. The van der Waals surface area contributed by atoms with Gasteiger partial charge in [-0.05, 0) is 31.0 Å². The lowest BCUT2D eigenvalue weighted by Gasteiger charge is -2.21. The van der Waals surface area contributed by atoms with Gasteiger partial charge in [0.25, 0.3) is 0 Å². The van der Waals surface area contributed by atoms with Crippen LogP contribution in [-0.4, -0.2) is 29.9 Å². The Kier molecular flexibility index (Phi) is 6.87. The van der Waals surface area contributed by atoms with Crippen molar-refractivity contribution < 1.29 is 0 Å². The predicted octanol–water partition coefficient (Wildman–Crippen LogP) is 2.72. The molecular weight excluding hydrogens is 274 g/mol. The van der Waals surface area contributed by atoms with E-state index >= 15 is 0 Å². The Hall–Kier alpha value is -1.75. The predicted molar refractivity (Wildman–Crippen MR) is 86.5 cm³/mol. The number of benzene rings is 1. The number of hydrogen-bond donors (Lipinski definition) is 2. The van der Waals surface area contributed by atoms with Crippen molar-refractivity contribution in [3.05, 3.63) is 29.3 Å². The first-order chi connectivity index (χ1) is 9.56. The van der Waals surface area contributed by atoms with Crippen LogP contribution >= 0.6 is 11.6 Å². The van der Waals surface area contributed by atoms with Crippen LogP contribution in [0.25, 0.3) is 0 Å². The van der Waals surface area contributed by atoms with Gasteiger partial charge < -0.3 is 16.4 Å². The average molecular weight is 296 g/mol. The minimum absolute atomic E-state index is 0.127. The van der Waals surface area contributed by atoms with Crippen molar-refractivity contribution in [3.63, 3.8) is 0 Å². The second-order valence-electron chi connectivity index (χ2n) is 4.41. The fraction of sp³-hybridized carbons (Fsp3) is 0.429. The van der Waals surface area contributed by atoms with Gasteiger partial charge in [0.15, 0.2) is 5.96 Å². The molecule has 0 amide bonds. The van der Waals surface area contributed by atoms with Gasteiger partial charge in [-0.25, -0.2) is 4.99 Å². The van der Waals surface area contributed by atoms with Crippen molar-refractivity contribution in [3.8, 4) is 0 Å². The molecule has 0 aliphatic rings. The van der Waals surface area contributed by atoms with Crippen LogP contribution in [0.1, 0.15) is 26.7 Å². The Morgan fingerprint density at radius 2 is 1.85 bits per heavy atom. The van der Waals surface area contributed by atoms with Crippen molar-refractivity contribution in [1.29, 1.82) is 0 Å². The van der Waals surface area contributed by atoms with Gasteiger partial charge in [0.05, 0.1) is 5.69 Å². The summed E-state index contributed by atoms with van der Waals surface area (Å²) in [6, 6.07) is 7.11. The molecule has 5 nitrogen and oxygen atoms in total. The van der Waals surface area contributed by atoms with Crippen LogP contribution in [0.5, 0.6) is 0 Å². The lowest BCUT2D eigenvalue weighted by atomic mass is 10.3. The van der Waals surface area contributed by atoms with Crippen molar-refractivity contribution in [1.82, 2.24) is 4.90 Å². The third-order valence-electron chi connectivity index (χ3n) is 2.59. The highest BCUT2D eigenvalue weighted by molar-refractivity contribution is 6.30. The molecule has 0 heterocycles. The molecule has 1 rings (SSSR count). The maximum atomic E-state index is 5.96. The van der Waals surface area contributed by atoms with E-state index in [9.17, 15) is 0 Å². The summed E-state index contributed by atoms with van der Waals surface area (Å²) in [7, 11) is 0. The fourth-order valence-corrected chi connectivity index (χ4v) is 1.96. The zero-order valence-corrected chi connectivity index (χ0v) is 12.8. The molecule has 0 fully saturated rings. The Morgan fingerprint density at radius 3 is 2.40 bits per heavy atom. The normalized spacial score (nSPS) is 12.6. The van der Waals surface area contributed by atoms with E-state index in [-0.39, 0.29) is 5.96 Å². The van der Waals surface area contributed by atoms with E-state index in [0.717, 1.165) is 25.9 Å². The molecule has 6 heteroatoms. The van der Waals surface area contributed by atoms with Gasteiger partial charge in [0.2, 0.25) is 5.96 Å². The van der Waals surface area contributed by atoms with E-state index in [1.165, 1.54) is 0 Å².